The summed E-state index contributed by atoms with van der Waals surface area (Å²) in [6, 6.07) is 2.99. The molecule has 0 atom stereocenters. The Hall–Kier alpha value is -1.16. The highest BCUT2D eigenvalue weighted by Gasteiger charge is 2.17. The van der Waals surface area contributed by atoms with Crippen molar-refractivity contribution in [3.8, 4) is 5.75 Å². The zero-order valence-electron chi connectivity index (χ0n) is 8.05. The summed E-state index contributed by atoms with van der Waals surface area (Å²) in [4.78, 5) is 0. The molecule has 0 saturated heterocycles. The van der Waals surface area contributed by atoms with Gasteiger partial charge in [-0.05, 0) is 13.0 Å². The molecule has 78 valence electrons. The summed E-state index contributed by atoms with van der Waals surface area (Å²) in [5.74, 6) is 0.0769. The third-order valence-corrected chi connectivity index (χ3v) is 1.95. The first-order valence-electron chi connectivity index (χ1n) is 4.16. The minimum atomic E-state index is -2.59. The van der Waals surface area contributed by atoms with E-state index in [0.717, 1.165) is 0 Å². The van der Waals surface area contributed by atoms with Crippen LogP contribution in [0.3, 0.4) is 0 Å². The van der Waals surface area contributed by atoms with Crippen LogP contribution in [0.2, 0.25) is 0 Å². The van der Waals surface area contributed by atoms with Gasteiger partial charge in [0.1, 0.15) is 5.75 Å². The number of hydrogen-bond donors (Lipinski definition) is 1. The molecule has 0 heterocycles. The van der Waals surface area contributed by atoms with Crippen LogP contribution in [0.25, 0.3) is 0 Å². The summed E-state index contributed by atoms with van der Waals surface area (Å²) < 4.78 is 29.9. The fourth-order valence-electron chi connectivity index (χ4n) is 1.41. The molecule has 4 heteroatoms. The van der Waals surface area contributed by atoms with Crippen molar-refractivity contribution < 1.29 is 18.6 Å². The average molecular weight is 202 g/mol. The highest BCUT2D eigenvalue weighted by atomic mass is 19.3. The van der Waals surface area contributed by atoms with E-state index in [-0.39, 0.29) is 17.9 Å². The van der Waals surface area contributed by atoms with Crippen molar-refractivity contribution in [3.05, 3.63) is 28.8 Å². The van der Waals surface area contributed by atoms with E-state index in [9.17, 15) is 8.78 Å². The van der Waals surface area contributed by atoms with E-state index in [4.69, 9.17) is 9.84 Å². The summed E-state index contributed by atoms with van der Waals surface area (Å²) in [5, 5.41) is 8.96. The van der Waals surface area contributed by atoms with Gasteiger partial charge in [0, 0.05) is 5.56 Å². The van der Waals surface area contributed by atoms with Crippen LogP contribution in [-0.4, -0.2) is 12.2 Å². The third kappa shape index (κ3) is 2.01. The molecular formula is C10H12F2O2. The number of rotatable bonds is 3. The Morgan fingerprint density at radius 1 is 1.43 bits per heavy atom. The van der Waals surface area contributed by atoms with Gasteiger partial charge in [0.15, 0.2) is 0 Å². The number of aliphatic hydroxyl groups excluding tert-OH is 1. The van der Waals surface area contributed by atoms with E-state index >= 15 is 0 Å². The largest absolute Gasteiger partial charge is 0.496 e. The van der Waals surface area contributed by atoms with Crippen LogP contribution in [0.15, 0.2) is 12.1 Å². The monoisotopic (exact) mass is 202 g/mol. The molecule has 0 bridgehead atoms. The molecule has 0 aliphatic rings. The molecule has 1 N–H and O–H groups in total. The Labute approximate surface area is 81.1 Å². The quantitative estimate of drug-likeness (QED) is 0.815. The van der Waals surface area contributed by atoms with E-state index in [1.165, 1.54) is 13.2 Å². The first-order valence-corrected chi connectivity index (χ1v) is 4.16. The van der Waals surface area contributed by atoms with Gasteiger partial charge < -0.3 is 9.84 Å². The van der Waals surface area contributed by atoms with Gasteiger partial charge in [-0.1, -0.05) is 11.6 Å². The van der Waals surface area contributed by atoms with Crippen LogP contribution >= 0.6 is 0 Å². The number of ether oxygens (including phenoxy) is 1. The van der Waals surface area contributed by atoms with Gasteiger partial charge in [-0.15, -0.1) is 0 Å². The average Bonchev–Trinajstić information content (AvgIpc) is 2.16. The second kappa shape index (κ2) is 4.37. The van der Waals surface area contributed by atoms with Crippen LogP contribution in [0.4, 0.5) is 8.78 Å². The van der Waals surface area contributed by atoms with Crippen molar-refractivity contribution in [1.29, 1.82) is 0 Å². The number of halogens is 2. The highest BCUT2D eigenvalue weighted by molar-refractivity contribution is 5.44. The van der Waals surface area contributed by atoms with Gasteiger partial charge >= 0.3 is 0 Å². The van der Waals surface area contributed by atoms with E-state index in [1.807, 2.05) is 0 Å². The minimum absolute atomic E-state index is 0.0769. The molecule has 1 aromatic carbocycles. The van der Waals surface area contributed by atoms with Gasteiger partial charge in [0.05, 0.1) is 19.3 Å². The second-order valence-electron chi connectivity index (χ2n) is 3.01. The van der Waals surface area contributed by atoms with E-state index in [2.05, 4.69) is 0 Å². The number of benzene rings is 1. The molecule has 0 aromatic heterocycles. The second-order valence-corrected chi connectivity index (χ2v) is 3.01. The van der Waals surface area contributed by atoms with Crippen LogP contribution in [0.1, 0.15) is 23.1 Å². The molecule has 0 saturated carbocycles. The number of hydrogen-bond acceptors (Lipinski definition) is 2. The molecule has 1 aromatic rings. The van der Waals surface area contributed by atoms with Gasteiger partial charge in [0.25, 0.3) is 6.43 Å². The molecule has 0 radical (unpaired) electrons. The summed E-state index contributed by atoms with van der Waals surface area (Å²) in [5.41, 5.74) is 0.907. The Morgan fingerprint density at radius 2 is 2.07 bits per heavy atom. The smallest absolute Gasteiger partial charge is 0.267 e. The number of alkyl halides is 2. The molecule has 0 aliphatic heterocycles. The lowest BCUT2D eigenvalue weighted by atomic mass is 10.1. The van der Waals surface area contributed by atoms with Crippen molar-refractivity contribution in [2.75, 3.05) is 7.11 Å². The Morgan fingerprint density at radius 3 is 2.50 bits per heavy atom. The van der Waals surface area contributed by atoms with Crippen molar-refractivity contribution in [1.82, 2.24) is 0 Å². The van der Waals surface area contributed by atoms with Crippen LogP contribution in [-0.2, 0) is 6.61 Å². The Bertz CT molecular complexity index is 324. The standard InChI is InChI=1S/C10H12F2O2/c1-6-3-7(5-13)9(14-2)8(4-6)10(11)12/h3-4,10,13H,5H2,1-2H3. The first-order chi connectivity index (χ1) is 6.60. The predicted molar refractivity (Wildman–Crippen MR) is 48.6 cm³/mol. The van der Waals surface area contributed by atoms with Crippen molar-refractivity contribution in [3.63, 3.8) is 0 Å². The maximum Gasteiger partial charge on any atom is 0.267 e. The number of aryl methyl sites for hydroxylation is 1. The highest BCUT2D eigenvalue weighted by Crippen LogP contribution is 2.33. The molecule has 14 heavy (non-hydrogen) atoms. The zero-order chi connectivity index (χ0) is 10.7. The van der Waals surface area contributed by atoms with Gasteiger partial charge in [0.2, 0.25) is 0 Å². The summed E-state index contributed by atoms with van der Waals surface area (Å²) in [6.45, 7) is 1.40. The van der Waals surface area contributed by atoms with Crippen molar-refractivity contribution in [2.45, 2.75) is 20.0 Å². The van der Waals surface area contributed by atoms with Gasteiger partial charge in [-0.3, -0.25) is 0 Å². The molecular weight excluding hydrogens is 190 g/mol. The topological polar surface area (TPSA) is 29.5 Å². The molecule has 0 fully saturated rings. The molecule has 0 amide bonds. The first kappa shape index (κ1) is 10.9. The van der Waals surface area contributed by atoms with E-state index in [0.29, 0.717) is 11.1 Å². The summed E-state index contributed by atoms with van der Waals surface area (Å²) >= 11 is 0. The van der Waals surface area contributed by atoms with Crippen molar-refractivity contribution >= 4 is 0 Å². The fourth-order valence-corrected chi connectivity index (χ4v) is 1.41. The van der Waals surface area contributed by atoms with Crippen molar-refractivity contribution in [2.24, 2.45) is 0 Å². The Balaban J connectivity index is 3.31. The van der Waals surface area contributed by atoms with Gasteiger partial charge in [-0.2, -0.15) is 0 Å². The van der Waals surface area contributed by atoms with Crippen LogP contribution in [0.5, 0.6) is 5.75 Å². The number of aliphatic hydroxyl groups is 1. The Kier molecular flexibility index (Phi) is 3.41. The van der Waals surface area contributed by atoms with E-state index < -0.39 is 6.43 Å². The zero-order valence-corrected chi connectivity index (χ0v) is 8.05. The lowest BCUT2D eigenvalue weighted by Crippen LogP contribution is -1.99. The molecule has 0 unspecified atom stereocenters. The summed E-state index contributed by atoms with van der Waals surface area (Å²) in [6.07, 6.45) is -2.59. The van der Waals surface area contributed by atoms with Crippen LogP contribution < -0.4 is 4.74 Å². The number of methoxy groups -OCH3 is 1. The SMILES string of the molecule is COc1c(CO)cc(C)cc1C(F)F. The normalized spacial score (nSPS) is 10.7. The maximum atomic E-state index is 12.5. The maximum absolute atomic E-state index is 12.5. The molecule has 2 nitrogen and oxygen atoms in total. The predicted octanol–water partition coefficient (Wildman–Crippen LogP) is 2.43. The minimum Gasteiger partial charge on any atom is -0.496 e. The summed E-state index contributed by atoms with van der Waals surface area (Å²) in [7, 11) is 1.32. The van der Waals surface area contributed by atoms with Crippen LogP contribution in [0, 0.1) is 6.92 Å². The van der Waals surface area contributed by atoms with E-state index in [1.54, 1.807) is 13.0 Å². The lowest BCUT2D eigenvalue weighted by molar-refractivity contribution is 0.146. The third-order valence-electron chi connectivity index (χ3n) is 1.95. The molecule has 1 rings (SSSR count). The molecule has 0 spiro atoms. The lowest BCUT2D eigenvalue weighted by Gasteiger charge is -2.12. The van der Waals surface area contributed by atoms with Gasteiger partial charge in [-0.25, -0.2) is 8.78 Å². The fraction of sp³-hybridized carbons (Fsp3) is 0.400. The molecule has 0 aliphatic carbocycles.